The van der Waals surface area contributed by atoms with Crippen molar-refractivity contribution >= 4 is 17.4 Å². The first kappa shape index (κ1) is 26.9. The standard InChI is InChI=1S/C31H34N2O5/c1-4-32(5-2)17-18-33-28(23-11-13-24(34)14-12-23)27(30(36)31(33)37)29(35)26-16-15-25(19-21(26)3)38-20-22-9-7-6-8-10-22/h6-16,19,28,34-35H,4-5,17-18,20H2,1-3H3/t28-/m1/s1. The van der Waals surface area contributed by atoms with Gasteiger partial charge in [-0.25, -0.2) is 0 Å². The summed E-state index contributed by atoms with van der Waals surface area (Å²) in [6, 6.07) is 20.7. The van der Waals surface area contributed by atoms with Gasteiger partial charge in [-0.05, 0) is 67.0 Å². The number of aromatic hydroxyl groups is 1. The predicted octanol–water partition coefficient (Wildman–Crippen LogP) is 5.04. The van der Waals surface area contributed by atoms with Gasteiger partial charge < -0.3 is 24.7 Å². The molecule has 1 fully saturated rings. The molecule has 38 heavy (non-hydrogen) atoms. The van der Waals surface area contributed by atoms with Gasteiger partial charge in [0.1, 0.15) is 23.9 Å². The Balaban J connectivity index is 1.69. The molecule has 1 saturated heterocycles. The molecule has 0 spiro atoms. The van der Waals surface area contributed by atoms with Gasteiger partial charge in [-0.15, -0.1) is 0 Å². The topological polar surface area (TPSA) is 90.3 Å². The van der Waals surface area contributed by atoms with E-state index in [-0.39, 0.29) is 17.1 Å². The first-order chi connectivity index (χ1) is 18.3. The Hall–Kier alpha value is -4.10. The highest BCUT2D eigenvalue weighted by molar-refractivity contribution is 6.46. The number of aliphatic hydroxyl groups excluding tert-OH is 1. The molecule has 0 aliphatic carbocycles. The number of phenolic OH excluding ortho intramolecular Hbond substituents is 1. The molecule has 0 saturated carbocycles. The third kappa shape index (κ3) is 5.73. The van der Waals surface area contributed by atoms with E-state index in [2.05, 4.69) is 4.90 Å². The number of nitrogens with zero attached hydrogens (tertiary/aromatic N) is 2. The maximum atomic E-state index is 13.3. The van der Waals surface area contributed by atoms with Gasteiger partial charge in [0, 0.05) is 18.7 Å². The number of likely N-dealkylation sites (N-methyl/N-ethyl adjacent to an activating group) is 1. The van der Waals surface area contributed by atoms with Crippen LogP contribution in [-0.2, 0) is 16.2 Å². The number of hydrogen-bond acceptors (Lipinski definition) is 6. The minimum Gasteiger partial charge on any atom is -0.508 e. The number of carbonyl (C=O) groups excluding carboxylic acids is 2. The van der Waals surface area contributed by atoms with Crippen LogP contribution in [-0.4, -0.2) is 57.9 Å². The Bertz CT molecular complexity index is 1310. The molecule has 3 aromatic carbocycles. The van der Waals surface area contributed by atoms with E-state index in [1.54, 1.807) is 24.3 Å². The highest BCUT2D eigenvalue weighted by atomic mass is 16.5. The molecule has 3 aromatic rings. The van der Waals surface area contributed by atoms with Crippen LogP contribution < -0.4 is 4.74 Å². The van der Waals surface area contributed by atoms with Gasteiger partial charge >= 0.3 is 0 Å². The number of Topliss-reactive ketones (excluding diaryl/α,β-unsaturated/α-hetero) is 1. The second-order valence-corrected chi connectivity index (χ2v) is 9.36. The zero-order valence-electron chi connectivity index (χ0n) is 22.1. The second kappa shape index (κ2) is 12.0. The van der Waals surface area contributed by atoms with E-state index >= 15 is 0 Å². The molecule has 0 radical (unpaired) electrons. The first-order valence-electron chi connectivity index (χ1n) is 12.9. The van der Waals surface area contributed by atoms with Crippen molar-refractivity contribution in [3.8, 4) is 11.5 Å². The van der Waals surface area contributed by atoms with E-state index in [0.717, 1.165) is 18.7 Å². The Labute approximate surface area is 223 Å². The van der Waals surface area contributed by atoms with E-state index in [4.69, 9.17) is 4.74 Å². The molecule has 1 amide bonds. The van der Waals surface area contributed by atoms with Crippen molar-refractivity contribution in [3.63, 3.8) is 0 Å². The fraction of sp³-hybridized carbons (Fsp3) is 0.290. The van der Waals surface area contributed by atoms with Gasteiger partial charge in [-0.1, -0.05) is 56.3 Å². The van der Waals surface area contributed by atoms with Gasteiger partial charge in [0.05, 0.1) is 11.6 Å². The van der Waals surface area contributed by atoms with Crippen molar-refractivity contribution in [3.05, 3.63) is 101 Å². The molecule has 0 unspecified atom stereocenters. The molecule has 1 heterocycles. The van der Waals surface area contributed by atoms with Crippen LogP contribution in [0.25, 0.3) is 5.76 Å². The lowest BCUT2D eigenvalue weighted by atomic mass is 9.94. The zero-order chi connectivity index (χ0) is 27.2. The maximum Gasteiger partial charge on any atom is 0.295 e. The molecule has 198 valence electrons. The average Bonchev–Trinajstić information content (AvgIpc) is 3.18. The van der Waals surface area contributed by atoms with Crippen LogP contribution in [0.3, 0.4) is 0 Å². The normalized spacial score (nSPS) is 16.8. The van der Waals surface area contributed by atoms with Crippen LogP contribution in [0.4, 0.5) is 0 Å². The first-order valence-corrected chi connectivity index (χ1v) is 12.9. The zero-order valence-corrected chi connectivity index (χ0v) is 22.1. The van der Waals surface area contributed by atoms with Gasteiger partial charge in [0.2, 0.25) is 0 Å². The number of phenols is 1. The molecule has 1 atom stereocenters. The van der Waals surface area contributed by atoms with Crippen LogP contribution in [0, 0.1) is 6.92 Å². The van der Waals surface area contributed by atoms with Crippen molar-refractivity contribution < 1.29 is 24.5 Å². The van der Waals surface area contributed by atoms with E-state index in [1.807, 2.05) is 57.2 Å². The number of aryl methyl sites for hydroxylation is 1. The third-order valence-corrected chi connectivity index (χ3v) is 7.00. The molecule has 1 aliphatic rings. The second-order valence-electron chi connectivity index (χ2n) is 9.36. The highest BCUT2D eigenvalue weighted by Crippen LogP contribution is 2.40. The number of carbonyl (C=O) groups is 2. The van der Waals surface area contributed by atoms with Gasteiger partial charge in [0.25, 0.3) is 11.7 Å². The summed E-state index contributed by atoms with van der Waals surface area (Å²) in [5.41, 5.74) is 2.90. The van der Waals surface area contributed by atoms with Crippen LogP contribution in [0.5, 0.6) is 11.5 Å². The molecule has 7 heteroatoms. The fourth-order valence-electron chi connectivity index (χ4n) is 4.78. The minimum absolute atomic E-state index is 0.0429. The maximum absolute atomic E-state index is 13.3. The van der Waals surface area contributed by atoms with Gasteiger partial charge in [-0.3, -0.25) is 9.59 Å². The Morgan fingerprint density at radius 2 is 1.66 bits per heavy atom. The SMILES string of the molecule is CCN(CC)CCN1C(=O)C(=O)C(=C(O)c2ccc(OCc3ccccc3)cc2C)[C@H]1c1ccc(O)cc1. The summed E-state index contributed by atoms with van der Waals surface area (Å²) in [7, 11) is 0. The molecule has 0 aromatic heterocycles. The van der Waals surface area contributed by atoms with Crippen LogP contribution >= 0.6 is 0 Å². The van der Waals surface area contributed by atoms with Crippen LogP contribution in [0.15, 0.2) is 78.4 Å². The number of likely N-dealkylation sites (tertiary alicyclic amines) is 1. The van der Waals surface area contributed by atoms with Crippen molar-refractivity contribution in [2.75, 3.05) is 26.2 Å². The number of ether oxygens (including phenoxy) is 1. The molecule has 7 nitrogen and oxygen atoms in total. The molecule has 2 N–H and O–H groups in total. The molecule has 1 aliphatic heterocycles. The summed E-state index contributed by atoms with van der Waals surface area (Å²) >= 11 is 0. The largest absolute Gasteiger partial charge is 0.508 e. The van der Waals surface area contributed by atoms with Crippen LogP contribution in [0.1, 0.15) is 42.1 Å². The predicted molar refractivity (Wildman–Crippen MR) is 147 cm³/mol. The van der Waals surface area contributed by atoms with Gasteiger partial charge in [-0.2, -0.15) is 0 Å². The minimum atomic E-state index is -0.764. The summed E-state index contributed by atoms with van der Waals surface area (Å²) in [4.78, 5) is 30.2. The lowest BCUT2D eigenvalue weighted by molar-refractivity contribution is -0.140. The fourth-order valence-corrected chi connectivity index (χ4v) is 4.78. The van der Waals surface area contributed by atoms with Crippen molar-refractivity contribution in [2.24, 2.45) is 0 Å². The van der Waals surface area contributed by atoms with E-state index < -0.39 is 17.7 Å². The summed E-state index contributed by atoms with van der Waals surface area (Å²) < 4.78 is 5.91. The summed E-state index contributed by atoms with van der Waals surface area (Å²) in [5, 5.41) is 21.3. The summed E-state index contributed by atoms with van der Waals surface area (Å²) in [6.45, 7) is 8.90. The number of benzene rings is 3. The van der Waals surface area contributed by atoms with E-state index in [1.165, 1.54) is 17.0 Å². The molecule has 4 rings (SSSR count). The monoisotopic (exact) mass is 514 g/mol. The quantitative estimate of drug-likeness (QED) is 0.224. The molecule has 0 bridgehead atoms. The van der Waals surface area contributed by atoms with Crippen molar-refractivity contribution in [1.82, 2.24) is 9.80 Å². The Kier molecular flexibility index (Phi) is 8.48. The number of hydrogen-bond donors (Lipinski definition) is 2. The lowest BCUT2D eigenvalue weighted by Gasteiger charge is -2.28. The summed E-state index contributed by atoms with van der Waals surface area (Å²) in [6.07, 6.45) is 0. The van der Waals surface area contributed by atoms with E-state index in [9.17, 15) is 19.8 Å². The lowest BCUT2D eigenvalue weighted by Crippen LogP contribution is -2.38. The number of aliphatic hydroxyl groups is 1. The highest BCUT2D eigenvalue weighted by Gasteiger charge is 2.46. The van der Waals surface area contributed by atoms with E-state index in [0.29, 0.717) is 42.1 Å². The number of amides is 1. The molecular formula is C31H34N2O5. The van der Waals surface area contributed by atoms with Crippen LogP contribution in [0.2, 0.25) is 0 Å². The third-order valence-electron chi connectivity index (χ3n) is 7.00. The van der Waals surface area contributed by atoms with Gasteiger partial charge in [0.15, 0.2) is 0 Å². The number of ketones is 1. The number of rotatable bonds is 10. The Morgan fingerprint density at radius 1 is 0.974 bits per heavy atom. The average molecular weight is 515 g/mol. The Morgan fingerprint density at radius 3 is 2.29 bits per heavy atom. The van der Waals surface area contributed by atoms with Crippen molar-refractivity contribution in [2.45, 2.75) is 33.4 Å². The van der Waals surface area contributed by atoms with Crippen molar-refractivity contribution in [1.29, 1.82) is 0 Å². The molecular weight excluding hydrogens is 480 g/mol. The summed E-state index contributed by atoms with van der Waals surface area (Å²) in [5.74, 6) is -0.867. The smallest absolute Gasteiger partial charge is 0.295 e.